The molecule has 1 aromatic carbocycles. The maximum Gasteiger partial charge on any atom is 0.265 e. The number of carbonyl (C=O) groups excluding carboxylic acids is 3. The zero-order chi connectivity index (χ0) is 21.6. The highest BCUT2D eigenvalue weighted by molar-refractivity contribution is 7.18. The number of carbonyl (C=O) groups is 3. The van der Waals surface area contributed by atoms with E-state index in [2.05, 4.69) is 20.9 Å². The van der Waals surface area contributed by atoms with Gasteiger partial charge in [-0.25, -0.2) is 0 Å². The van der Waals surface area contributed by atoms with Crippen molar-refractivity contribution in [2.24, 2.45) is 5.92 Å². The summed E-state index contributed by atoms with van der Waals surface area (Å²) in [4.78, 5) is 39.6. The van der Waals surface area contributed by atoms with Crippen molar-refractivity contribution in [3.63, 3.8) is 0 Å². The minimum atomic E-state index is -0.245. The third-order valence-electron chi connectivity index (χ3n) is 5.49. The van der Waals surface area contributed by atoms with Crippen LogP contribution in [0.3, 0.4) is 0 Å². The highest BCUT2D eigenvalue weighted by Gasteiger charge is 2.29. The zero-order valence-corrected chi connectivity index (χ0v) is 18.3. The van der Waals surface area contributed by atoms with Crippen molar-refractivity contribution in [2.75, 3.05) is 35.6 Å². The second-order valence-corrected chi connectivity index (χ2v) is 9.28. The van der Waals surface area contributed by atoms with Gasteiger partial charge in [0.1, 0.15) is 0 Å². The normalized spacial score (nSPS) is 16.9. The summed E-state index contributed by atoms with van der Waals surface area (Å²) in [6.45, 7) is 2.32. The molecule has 1 saturated carbocycles. The van der Waals surface area contributed by atoms with Gasteiger partial charge in [0.05, 0.1) is 16.4 Å². The minimum Gasteiger partial charge on any atom is -0.325 e. The molecule has 4 rings (SSSR count). The summed E-state index contributed by atoms with van der Waals surface area (Å²) in [6, 6.07) is 10.6. The number of amides is 3. The first kappa shape index (κ1) is 21.5. The molecule has 1 aromatic heterocycles. The summed E-state index contributed by atoms with van der Waals surface area (Å²) >= 11 is 1.25. The second-order valence-electron chi connectivity index (χ2n) is 8.20. The zero-order valence-electron chi connectivity index (χ0n) is 17.5. The van der Waals surface area contributed by atoms with E-state index in [0.29, 0.717) is 27.8 Å². The summed E-state index contributed by atoms with van der Waals surface area (Å²) in [5.74, 6) is -0.140. The van der Waals surface area contributed by atoms with Crippen molar-refractivity contribution in [3.05, 3.63) is 41.3 Å². The molecule has 31 heavy (non-hydrogen) atoms. The first-order valence-corrected chi connectivity index (χ1v) is 11.7. The molecule has 3 amide bonds. The van der Waals surface area contributed by atoms with E-state index in [-0.39, 0.29) is 23.6 Å². The van der Waals surface area contributed by atoms with Crippen LogP contribution in [0.1, 0.15) is 48.2 Å². The lowest BCUT2D eigenvalue weighted by atomic mass is 10.2. The van der Waals surface area contributed by atoms with Crippen LogP contribution < -0.4 is 16.0 Å². The summed E-state index contributed by atoms with van der Waals surface area (Å²) in [7, 11) is 0. The Morgan fingerprint density at radius 2 is 1.61 bits per heavy atom. The number of anilines is 3. The topological polar surface area (TPSA) is 90.5 Å². The Balaban J connectivity index is 1.30. The van der Waals surface area contributed by atoms with Crippen LogP contribution in [-0.4, -0.2) is 42.3 Å². The van der Waals surface area contributed by atoms with Crippen molar-refractivity contribution >= 4 is 45.4 Å². The lowest BCUT2D eigenvalue weighted by Gasteiger charge is -2.19. The van der Waals surface area contributed by atoms with Gasteiger partial charge in [-0.05, 0) is 69.1 Å². The molecule has 164 valence electrons. The average molecular weight is 441 g/mol. The van der Waals surface area contributed by atoms with E-state index in [4.69, 9.17) is 0 Å². The van der Waals surface area contributed by atoms with Gasteiger partial charge in [0.25, 0.3) is 5.91 Å². The highest BCUT2D eigenvalue weighted by Crippen LogP contribution is 2.31. The van der Waals surface area contributed by atoms with Crippen molar-refractivity contribution in [1.82, 2.24) is 4.90 Å². The largest absolute Gasteiger partial charge is 0.325 e. The minimum absolute atomic E-state index is 0.0254. The lowest BCUT2D eigenvalue weighted by Crippen LogP contribution is -2.33. The first-order valence-electron chi connectivity index (χ1n) is 10.9. The number of thiophene rings is 1. The van der Waals surface area contributed by atoms with Gasteiger partial charge in [-0.2, -0.15) is 0 Å². The Kier molecular flexibility index (Phi) is 6.99. The Morgan fingerprint density at radius 3 is 2.32 bits per heavy atom. The molecule has 1 saturated heterocycles. The Labute approximate surface area is 186 Å². The molecular weight excluding hydrogens is 412 g/mol. The molecule has 0 spiro atoms. The van der Waals surface area contributed by atoms with Gasteiger partial charge in [-0.3, -0.25) is 19.3 Å². The molecule has 2 aromatic rings. The van der Waals surface area contributed by atoms with Gasteiger partial charge in [-0.15, -0.1) is 11.3 Å². The Hall–Kier alpha value is -2.71. The van der Waals surface area contributed by atoms with Crippen molar-refractivity contribution in [1.29, 1.82) is 0 Å². The second kappa shape index (κ2) is 10.1. The molecule has 0 unspecified atom stereocenters. The number of hydrogen-bond acceptors (Lipinski definition) is 5. The van der Waals surface area contributed by atoms with Gasteiger partial charge in [0.2, 0.25) is 11.8 Å². The maximum absolute atomic E-state index is 12.6. The Bertz CT molecular complexity index is 946. The lowest BCUT2D eigenvalue weighted by molar-refractivity contribution is -0.118. The van der Waals surface area contributed by atoms with Crippen LogP contribution in [0, 0.1) is 5.92 Å². The van der Waals surface area contributed by atoms with Crippen molar-refractivity contribution in [3.8, 4) is 0 Å². The summed E-state index contributed by atoms with van der Waals surface area (Å²) in [5, 5.41) is 9.33. The number of benzene rings is 1. The SMILES string of the molecule is O=C(CN1CCCCCC1)Nc1cccc(NC(=O)c2ccc(NC(=O)C3CC3)s2)c1. The van der Waals surface area contributed by atoms with E-state index in [1.165, 1.54) is 24.2 Å². The fraction of sp³-hybridized carbons (Fsp3) is 0.435. The summed E-state index contributed by atoms with van der Waals surface area (Å²) < 4.78 is 0. The number of nitrogens with zero attached hydrogens (tertiary/aromatic N) is 1. The molecule has 1 aliphatic heterocycles. The number of hydrogen-bond donors (Lipinski definition) is 3. The average Bonchev–Trinajstić information content (AvgIpc) is 3.53. The molecule has 8 heteroatoms. The molecule has 2 fully saturated rings. The van der Waals surface area contributed by atoms with E-state index < -0.39 is 0 Å². The van der Waals surface area contributed by atoms with E-state index >= 15 is 0 Å². The summed E-state index contributed by atoms with van der Waals surface area (Å²) in [5.41, 5.74) is 1.26. The van der Waals surface area contributed by atoms with Crippen molar-refractivity contribution in [2.45, 2.75) is 38.5 Å². The molecule has 0 atom stereocenters. The molecule has 2 aliphatic rings. The monoisotopic (exact) mass is 440 g/mol. The van der Waals surface area contributed by atoms with Crippen LogP contribution in [0.5, 0.6) is 0 Å². The predicted molar refractivity (Wildman–Crippen MR) is 124 cm³/mol. The molecule has 2 heterocycles. The number of nitrogens with one attached hydrogen (secondary N) is 3. The van der Waals surface area contributed by atoms with Crippen LogP contribution in [0.2, 0.25) is 0 Å². The molecule has 7 nitrogen and oxygen atoms in total. The molecule has 1 aliphatic carbocycles. The van der Waals surface area contributed by atoms with E-state index in [1.807, 2.05) is 6.07 Å². The van der Waals surface area contributed by atoms with Crippen LogP contribution in [0.25, 0.3) is 0 Å². The van der Waals surface area contributed by atoms with Gasteiger partial charge in [0.15, 0.2) is 0 Å². The molecule has 0 radical (unpaired) electrons. The smallest absolute Gasteiger partial charge is 0.265 e. The van der Waals surface area contributed by atoms with Crippen LogP contribution in [0.4, 0.5) is 16.4 Å². The van der Waals surface area contributed by atoms with Gasteiger partial charge in [0, 0.05) is 17.3 Å². The molecule has 3 N–H and O–H groups in total. The Morgan fingerprint density at radius 1 is 0.903 bits per heavy atom. The maximum atomic E-state index is 12.6. The number of rotatable bonds is 7. The van der Waals surface area contributed by atoms with E-state index in [9.17, 15) is 14.4 Å². The van der Waals surface area contributed by atoms with Crippen LogP contribution >= 0.6 is 11.3 Å². The third kappa shape index (κ3) is 6.38. The standard InChI is InChI=1S/C23H28N4O3S/c28-20(15-27-12-3-1-2-4-13-27)24-17-6-5-7-18(14-17)25-23(30)19-10-11-21(31-19)26-22(29)16-8-9-16/h5-7,10-11,14,16H,1-4,8-9,12-13,15H2,(H,24,28)(H,25,30)(H,26,29). The fourth-order valence-electron chi connectivity index (χ4n) is 3.66. The summed E-state index contributed by atoms with van der Waals surface area (Å²) in [6.07, 6.45) is 6.63. The number of likely N-dealkylation sites (tertiary alicyclic amines) is 1. The quantitative estimate of drug-likeness (QED) is 0.603. The van der Waals surface area contributed by atoms with Crippen molar-refractivity contribution < 1.29 is 14.4 Å². The van der Waals surface area contributed by atoms with E-state index in [0.717, 1.165) is 38.8 Å². The van der Waals surface area contributed by atoms with Crippen LogP contribution in [0.15, 0.2) is 36.4 Å². The predicted octanol–water partition coefficient (Wildman–Crippen LogP) is 4.16. The van der Waals surface area contributed by atoms with Crippen LogP contribution in [-0.2, 0) is 9.59 Å². The molecular formula is C23H28N4O3S. The molecule has 0 bridgehead atoms. The third-order valence-corrected chi connectivity index (χ3v) is 6.49. The fourth-order valence-corrected chi connectivity index (χ4v) is 4.47. The van der Waals surface area contributed by atoms with Gasteiger partial charge >= 0.3 is 0 Å². The highest BCUT2D eigenvalue weighted by atomic mass is 32.1. The van der Waals surface area contributed by atoms with Gasteiger partial charge < -0.3 is 16.0 Å². The first-order chi connectivity index (χ1) is 15.1. The van der Waals surface area contributed by atoms with E-state index in [1.54, 1.807) is 30.3 Å². The van der Waals surface area contributed by atoms with Gasteiger partial charge in [-0.1, -0.05) is 18.9 Å².